The molecule has 176 valence electrons. The van der Waals surface area contributed by atoms with Crippen molar-refractivity contribution in [3.63, 3.8) is 0 Å². The molecule has 9 nitrogen and oxygen atoms in total. The molecule has 1 aromatic heterocycles. The molecule has 0 spiro atoms. The molecule has 4 rings (SSSR count). The summed E-state index contributed by atoms with van der Waals surface area (Å²) in [5.41, 5.74) is 3.05. The largest absolute Gasteiger partial charge is 0.354 e. The maximum atomic E-state index is 12.5. The van der Waals surface area contributed by atoms with Crippen LogP contribution in [0.15, 0.2) is 30.5 Å². The molecule has 2 aliphatic rings. The fourth-order valence-electron chi connectivity index (χ4n) is 4.54. The average Bonchev–Trinajstić information content (AvgIpc) is 2.81. The smallest absolute Gasteiger partial charge is 0.245 e. The van der Waals surface area contributed by atoms with Crippen LogP contribution in [0.3, 0.4) is 0 Å². The molecule has 1 aromatic carbocycles. The number of hydrogen-bond acceptors (Lipinski definition) is 7. The van der Waals surface area contributed by atoms with Crippen LogP contribution in [-0.2, 0) is 9.59 Å². The predicted octanol–water partition coefficient (Wildman–Crippen LogP) is 1.53. The first-order chi connectivity index (χ1) is 16.0. The molecule has 33 heavy (non-hydrogen) atoms. The quantitative estimate of drug-likeness (QED) is 0.687. The second-order valence-corrected chi connectivity index (χ2v) is 9.09. The minimum atomic E-state index is 0.0182. The minimum absolute atomic E-state index is 0.0182. The fraction of sp³-hybridized carbons (Fsp3) is 0.542. The third-order valence-electron chi connectivity index (χ3n) is 6.42. The van der Waals surface area contributed by atoms with Crippen molar-refractivity contribution in [2.24, 2.45) is 0 Å². The lowest BCUT2D eigenvalue weighted by Crippen LogP contribution is -2.51. The van der Waals surface area contributed by atoms with Gasteiger partial charge in [-0.3, -0.25) is 14.5 Å². The molecular weight excluding hydrogens is 418 g/mol. The van der Waals surface area contributed by atoms with E-state index in [9.17, 15) is 9.59 Å². The molecule has 2 aromatic rings. The zero-order valence-corrected chi connectivity index (χ0v) is 19.5. The Morgan fingerprint density at radius 3 is 2.24 bits per heavy atom. The molecule has 2 amide bonds. The lowest BCUT2D eigenvalue weighted by molar-refractivity contribution is -0.123. The van der Waals surface area contributed by atoms with Crippen molar-refractivity contribution >= 4 is 17.8 Å². The number of carbonyl (C=O) groups is 2. The predicted molar refractivity (Wildman–Crippen MR) is 127 cm³/mol. The number of nitrogens with zero attached hydrogens (tertiary/aromatic N) is 5. The summed E-state index contributed by atoms with van der Waals surface area (Å²) in [4.78, 5) is 32.8. The van der Waals surface area contributed by atoms with Crippen LogP contribution >= 0.6 is 0 Å². The van der Waals surface area contributed by atoms with Crippen molar-refractivity contribution in [1.29, 1.82) is 0 Å². The van der Waals surface area contributed by atoms with Gasteiger partial charge < -0.3 is 15.5 Å². The monoisotopic (exact) mass is 451 g/mol. The summed E-state index contributed by atoms with van der Waals surface area (Å²) in [6, 6.07) is 8.67. The Labute approximate surface area is 195 Å². The van der Waals surface area contributed by atoms with Gasteiger partial charge in [-0.2, -0.15) is 5.10 Å². The topological polar surface area (TPSA) is 103 Å². The van der Waals surface area contributed by atoms with Crippen LogP contribution < -0.4 is 15.5 Å². The molecule has 0 unspecified atom stereocenters. The molecule has 1 saturated carbocycles. The van der Waals surface area contributed by atoms with Crippen LogP contribution in [0.1, 0.15) is 38.2 Å². The number of aromatic nitrogens is 3. The summed E-state index contributed by atoms with van der Waals surface area (Å²) in [6.45, 7) is 7.09. The van der Waals surface area contributed by atoms with E-state index in [0.29, 0.717) is 12.5 Å². The Morgan fingerprint density at radius 1 is 0.970 bits per heavy atom. The summed E-state index contributed by atoms with van der Waals surface area (Å²) in [7, 11) is 0. The van der Waals surface area contributed by atoms with Crippen LogP contribution in [-0.4, -0.2) is 76.7 Å². The minimum Gasteiger partial charge on any atom is -0.354 e. The Kier molecular flexibility index (Phi) is 7.49. The van der Waals surface area contributed by atoms with Gasteiger partial charge in [0, 0.05) is 50.7 Å². The van der Waals surface area contributed by atoms with Gasteiger partial charge in [0.05, 0.1) is 18.4 Å². The number of anilines is 1. The number of aryl methyl sites for hydroxylation is 1. The second kappa shape index (κ2) is 10.7. The molecule has 0 atom stereocenters. The van der Waals surface area contributed by atoms with E-state index in [1.165, 1.54) is 5.56 Å². The SMILES string of the molecule is CC(=O)NC1CCC(NC(=O)CN2CCN(c3nncc(-c4ccc(C)cc4)n3)CC2)CC1. The highest BCUT2D eigenvalue weighted by Crippen LogP contribution is 2.20. The van der Waals surface area contributed by atoms with Crippen molar-refractivity contribution in [3.8, 4) is 11.3 Å². The second-order valence-electron chi connectivity index (χ2n) is 9.09. The van der Waals surface area contributed by atoms with Crippen LogP contribution in [0.4, 0.5) is 5.95 Å². The molecule has 1 saturated heterocycles. The Morgan fingerprint density at radius 2 is 1.61 bits per heavy atom. The van der Waals surface area contributed by atoms with E-state index in [2.05, 4.69) is 49.7 Å². The first kappa shape index (κ1) is 23.1. The van der Waals surface area contributed by atoms with Crippen molar-refractivity contribution in [1.82, 2.24) is 30.7 Å². The summed E-state index contributed by atoms with van der Waals surface area (Å²) >= 11 is 0. The molecule has 2 heterocycles. The van der Waals surface area contributed by atoms with E-state index in [0.717, 1.165) is 63.1 Å². The highest BCUT2D eigenvalue weighted by atomic mass is 16.2. The molecular formula is C24H33N7O2. The highest BCUT2D eigenvalue weighted by Gasteiger charge is 2.25. The van der Waals surface area contributed by atoms with Crippen molar-refractivity contribution in [3.05, 3.63) is 36.0 Å². The van der Waals surface area contributed by atoms with Crippen molar-refractivity contribution in [2.75, 3.05) is 37.6 Å². The van der Waals surface area contributed by atoms with E-state index in [1.54, 1.807) is 13.1 Å². The highest BCUT2D eigenvalue weighted by molar-refractivity contribution is 5.78. The summed E-state index contributed by atoms with van der Waals surface area (Å²) in [5.74, 6) is 0.725. The van der Waals surface area contributed by atoms with E-state index in [-0.39, 0.29) is 23.9 Å². The van der Waals surface area contributed by atoms with Crippen LogP contribution in [0.2, 0.25) is 0 Å². The van der Waals surface area contributed by atoms with Crippen molar-refractivity contribution in [2.45, 2.75) is 51.6 Å². The molecule has 9 heteroatoms. The first-order valence-electron chi connectivity index (χ1n) is 11.8. The van der Waals surface area contributed by atoms with E-state index >= 15 is 0 Å². The Hall–Kier alpha value is -3.07. The van der Waals surface area contributed by atoms with Gasteiger partial charge >= 0.3 is 0 Å². The number of rotatable bonds is 6. The first-order valence-corrected chi connectivity index (χ1v) is 11.8. The van der Waals surface area contributed by atoms with Gasteiger partial charge in [0.15, 0.2) is 0 Å². The van der Waals surface area contributed by atoms with Gasteiger partial charge in [0.1, 0.15) is 0 Å². The van der Waals surface area contributed by atoms with Gasteiger partial charge in [0.25, 0.3) is 0 Å². The lowest BCUT2D eigenvalue weighted by Gasteiger charge is -2.35. The molecule has 1 aliphatic carbocycles. The van der Waals surface area contributed by atoms with Gasteiger partial charge in [-0.25, -0.2) is 4.98 Å². The van der Waals surface area contributed by atoms with E-state index < -0.39 is 0 Å². The zero-order chi connectivity index (χ0) is 23.2. The number of carbonyl (C=O) groups excluding carboxylic acids is 2. The molecule has 0 radical (unpaired) electrons. The number of piperazine rings is 1. The van der Waals surface area contributed by atoms with Crippen molar-refractivity contribution < 1.29 is 9.59 Å². The van der Waals surface area contributed by atoms with Gasteiger partial charge in [0.2, 0.25) is 17.8 Å². The standard InChI is InChI=1S/C24H33N7O2/c1-17-3-5-19(6-4-17)22-15-25-29-24(28-22)31-13-11-30(12-14-31)16-23(33)27-21-9-7-20(8-10-21)26-18(2)32/h3-6,15,20-21H,7-14,16H2,1-2H3,(H,26,32)(H,27,33). The van der Waals surface area contributed by atoms with Gasteiger partial charge in [-0.05, 0) is 32.6 Å². The number of nitrogens with one attached hydrogen (secondary N) is 2. The molecule has 2 fully saturated rings. The van der Waals surface area contributed by atoms with Crippen LogP contribution in [0.5, 0.6) is 0 Å². The van der Waals surface area contributed by atoms with E-state index in [1.807, 2.05) is 12.1 Å². The fourth-order valence-corrected chi connectivity index (χ4v) is 4.54. The Bertz CT molecular complexity index is 950. The Balaban J connectivity index is 1.22. The average molecular weight is 452 g/mol. The maximum absolute atomic E-state index is 12.5. The van der Waals surface area contributed by atoms with Crippen LogP contribution in [0, 0.1) is 6.92 Å². The molecule has 0 bridgehead atoms. The molecule has 2 N–H and O–H groups in total. The van der Waals surface area contributed by atoms with E-state index in [4.69, 9.17) is 4.98 Å². The summed E-state index contributed by atoms with van der Waals surface area (Å²) < 4.78 is 0. The zero-order valence-electron chi connectivity index (χ0n) is 19.5. The lowest BCUT2D eigenvalue weighted by atomic mass is 9.91. The summed E-state index contributed by atoms with van der Waals surface area (Å²) in [5, 5.41) is 14.5. The van der Waals surface area contributed by atoms with Gasteiger partial charge in [-0.15, -0.1) is 5.10 Å². The third kappa shape index (κ3) is 6.47. The molecule has 1 aliphatic heterocycles. The van der Waals surface area contributed by atoms with Gasteiger partial charge in [-0.1, -0.05) is 29.8 Å². The third-order valence-corrected chi connectivity index (χ3v) is 6.42. The number of benzene rings is 1. The number of amides is 2. The number of hydrogen-bond donors (Lipinski definition) is 2. The normalized spacial score (nSPS) is 21.5. The summed E-state index contributed by atoms with van der Waals surface area (Å²) in [6.07, 6.45) is 5.34. The maximum Gasteiger partial charge on any atom is 0.245 e. The van der Waals surface area contributed by atoms with Crippen LogP contribution in [0.25, 0.3) is 11.3 Å².